The highest BCUT2D eigenvalue weighted by molar-refractivity contribution is 5.77. The summed E-state index contributed by atoms with van der Waals surface area (Å²) in [5.41, 5.74) is 0.589. The maximum atomic E-state index is 12.5. The molecule has 1 fully saturated rings. The van der Waals surface area contributed by atoms with Crippen molar-refractivity contribution in [3.05, 3.63) is 40.4 Å². The molecule has 1 saturated heterocycles. The van der Waals surface area contributed by atoms with Crippen molar-refractivity contribution in [2.24, 2.45) is 0 Å². The number of cyclic esters (lactones) is 1. The molecule has 1 atom stereocenters. The van der Waals surface area contributed by atoms with Crippen LogP contribution in [0.25, 0.3) is 10.9 Å². The lowest BCUT2D eigenvalue weighted by atomic mass is 10.2. The molecule has 8 heteroatoms. The highest BCUT2D eigenvalue weighted by atomic mass is 16.6. The zero-order valence-electron chi connectivity index (χ0n) is 13.9. The molecular weight excluding hydrogens is 324 g/mol. The number of carbonyl (C=O) groups is 2. The van der Waals surface area contributed by atoms with Crippen molar-refractivity contribution < 1.29 is 14.3 Å². The summed E-state index contributed by atoms with van der Waals surface area (Å²) in [6, 6.07) is 7.22. The topological polar surface area (TPSA) is 102 Å². The lowest BCUT2D eigenvalue weighted by Gasteiger charge is -2.11. The first kappa shape index (κ1) is 16.9. The number of hydrogen-bond donors (Lipinski definition) is 2. The van der Waals surface area contributed by atoms with E-state index in [9.17, 15) is 14.4 Å². The number of carbonyl (C=O) groups excluding carboxylic acids is 2. The fourth-order valence-corrected chi connectivity index (χ4v) is 2.80. The van der Waals surface area contributed by atoms with Crippen LogP contribution < -0.4 is 16.2 Å². The van der Waals surface area contributed by atoms with E-state index in [1.54, 1.807) is 17.6 Å². The number of nitrogens with one attached hydrogen (secondary N) is 2. The molecule has 2 aromatic rings. The minimum absolute atomic E-state index is 0.0903. The molecule has 1 aromatic carbocycles. The number of alkyl carbamates (subject to hydrolysis) is 1. The van der Waals surface area contributed by atoms with Gasteiger partial charge in [0.1, 0.15) is 11.9 Å². The summed E-state index contributed by atoms with van der Waals surface area (Å²) in [5, 5.41) is 5.84. The monoisotopic (exact) mass is 344 g/mol. The molecule has 1 aliphatic heterocycles. The van der Waals surface area contributed by atoms with E-state index in [0.717, 1.165) is 0 Å². The third kappa shape index (κ3) is 3.96. The Balaban J connectivity index is 1.53. The molecule has 0 spiro atoms. The fraction of sp³-hybridized carbons (Fsp3) is 0.412. The molecule has 8 nitrogen and oxygen atoms in total. The van der Waals surface area contributed by atoms with E-state index in [1.807, 2.05) is 18.2 Å². The second kappa shape index (κ2) is 7.33. The molecule has 2 amide bonds. The number of benzene rings is 1. The van der Waals surface area contributed by atoms with Gasteiger partial charge in [0.05, 0.1) is 24.0 Å². The Labute approximate surface area is 144 Å². The standard InChI is InChI=1S/C17H20N4O4/c1-11-20-14-6-3-2-5-13(14)16(23)21(11)8-4-7-15(22)18-9-12-10-19-17(24)25-12/h2-3,5-6,12H,4,7-10H2,1H3,(H,18,22)(H,19,24). The Morgan fingerprint density at radius 1 is 1.40 bits per heavy atom. The summed E-state index contributed by atoms with van der Waals surface area (Å²) in [6.07, 6.45) is 0.0196. The quantitative estimate of drug-likeness (QED) is 0.803. The lowest BCUT2D eigenvalue weighted by molar-refractivity contribution is -0.121. The SMILES string of the molecule is Cc1nc2ccccc2c(=O)n1CCCC(=O)NCC1CNC(=O)O1. The molecule has 0 saturated carbocycles. The summed E-state index contributed by atoms with van der Waals surface area (Å²) < 4.78 is 6.53. The minimum Gasteiger partial charge on any atom is -0.442 e. The largest absolute Gasteiger partial charge is 0.442 e. The highest BCUT2D eigenvalue weighted by Crippen LogP contribution is 2.08. The van der Waals surface area contributed by atoms with E-state index in [-0.39, 0.29) is 30.5 Å². The Bertz CT molecular complexity index is 861. The first-order chi connectivity index (χ1) is 12.0. The first-order valence-corrected chi connectivity index (χ1v) is 8.22. The van der Waals surface area contributed by atoms with Gasteiger partial charge in [-0.25, -0.2) is 9.78 Å². The van der Waals surface area contributed by atoms with Gasteiger partial charge in [0.25, 0.3) is 5.56 Å². The summed E-state index contributed by atoms with van der Waals surface area (Å²) in [5.74, 6) is 0.496. The third-order valence-corrected chi connectivity index (χ3v) is 4.11. The zero-order chi connectivity index (χ0) is 17.8. The lowest BCUT2D eigenvalue weighted by Crippen LogP contribution is -2.34. The number of aromatic nitrogens is 2. The Hall–Kier alpha value is -2.90. The highest BCUT2D eigenvalue weighted by Gasteiger charge is 2.22. The van der Waals surface area contributed by atoms with Crippen molar-refractivity contribution in [3.63, 3.8) is 0 Å². The molecule has 0 radical (unpaired) electrons. The van der Waals surface area contributed by atoms with Crippen molar-refractivity contribution in [1.82, 2.24) is 20.2 Å². The Morgan fingerprint density at radius 3 is 2.96 bits per heavy atom. The molecular formula is C17H20N4O4. The number of hydrogen-bond acceptors (Lipinski definition) is 5. The summed E-state index contributed by atoms with van der Waals surface area (Å²) in [7, 11) is 0. The molecule has 3 rings (SSSR count). The van der Waals surface area contributed by atoms with E-state index >= 15 is 0 Å². The van der Waals surface area contributed by atoms with Crippen molar-refractivity contribution in [2.45, 2.75) is 32.4 Å². The van der Waals surface area contributed by atoms with Gasteiger partial charge in [-0.3, -0.25) is 14.2 Å². The molecule has 0 bridgehead atoms. The van der Waals surface area contributed by atoms with Crippen LogP contribution in [0.3, 0.4) is 0 Å². The molecule has 2 heterocycles. The molecule has 1 aromatic heterocycles. The number of para-hydroxylation sites is 1. The van der Waals surface area contributed by atoms with Gasteiger partial charge in [-0.15, -0.1) is 0 Å². The van der Waals surface area contributed by atoms with Crippen LogP contribution in [0.4, 0.5) is 4.79 Å². The Morgan fingerprint density at radius 2 is 2.20 bits per heavy atom. The van der Waals surface area contributed by atoms with Gasteiger partial charge in [-0.2, -0.15) is 0 Å². The predicted molar refractivity (Wildman–Crippen MR) is 91.3 cm³/mol. The van der Waals surface area contributed by atoms with Crippen LogP contribution in [0.2, 0.25) is 0 Å². The summed E-state index contributed by atoms with van der Waals surface area (Å²) in [6.45, 7) is 2.90. The van der Waals surface area contributed by atoms with Gasteiger partial charge in [-0.1, -0.05) is 12.1 Å². The van der Waals surface area contributed by atoms with Crippen molar-refractivity contribution in [1.29, 1.82) is 0 Å². The number of ether oxygens (including phenoxy) is 1. The minimum atomic E-state index is -0.460. The molecule has 132 valence electrons. The van der Waals surface area contributed by atoms with Crippen LogP contribution in [0, 0.1) is 6.92 Å². The van der Waals surface area contributed by atoms with E-state index in [2.05, 4.69) is 15.6 Å². The zero-order valence-corrected chi connectivity index (χ0v) is 13.9. The maximum Gasteiger partial charge on any atom is 0.407 e. The number of rotatable bonds is 6. The summed E-state index contributed by atoms with van der Waals surface area (Å²) >= 11 is 0. The smallest absolute Gasteiger partial charge is 0.407 e. The van der Waals surface area contributed by atoms with Gasteiger partial charge < -0.3 is 15.4 Å². The van der Waals surface area contributed by atoms with E-state index in [0.29, 0.717) is 36.2 Å². The second-order valence-corrected chi connectivity index (χ2v) is 5.95. The molecule has 0 aliphatic carbocycles. The molecule has 25 heavy (non-hydrogen) atoms. The van der Waals surface area contributed by atoms with Crippen molar-refractivity contribution in [3.8, 4) is 0 Å². The summed E-state index contributed by atoms with van der Waals surface area (Å²) in [4.78, 5) is 39.7. The normalized spacial score (nSPS) is 16.5. The number of amides is 2. The maximum absolute atomic E-state index is 12.5. The van der Waals surface area contributed by atoms with Gasteiger partial charge in [0.2, 0.25) is 5.91 Å². The fourth-order valence-electron chi connectivity index (χ4n) is 2.80. The van der Waals surface area contributed by atoms with Gasteiger partial charge in [-0.05, 0) is 25.5 Å². The average molecular weight is 344 g/mol. The van der Waals surface area contributed by atoms with Crippen LogP contribution in [-0.4, -0.2) is 40.7 Å². The molecule has 1 aliphatic rings. The van der Waals surface area contributed by atoms with Gasteiger partial charge in [0, 0.05) is 13.0 Å². The van der Waals surface area contributed by atoms with Crippen LogP contribution in [0.1, 0.15) is 18.7 Å². The Kier molecular flexibility index (Phi) is 4.97. The second-order valence-electron chi connectivity index (χ2n) is 5.95. The molecule has 2 N–H and O–H groups in total. The van der Waals surface area contributed by atoms with E-state index in [4.69, 9.17) is 4.74 Å². The van der Waals surface area contributed by atoms with Crippen molar-refractivity contribution >= 4 is 22.9 Å². The number of nitrogens with zero attached hydrogens (tertiary/aromatic N) is 2. The average Bonchev–Trinajstić information content (AvgIpc) is 3.01. The van der Waals surface area contributed by atoms with E-state index < -0.39 is 6.09 Å². The third-order valence-electron chi connectivity index (χ3n) is 4.11. The van der Waals surface area contributed by atoms with Gasteiger partial charge >= 0.3 is 6.09 Å². The van der Waals surface area contributed by atoms with Crippen molar-refractivity contribution in [2.75, 3.05) is 13.1 Å². The molecule has 1 unspecified atom stereocenters. The predicted octanol–water partition coefficient (Wildman–Crippen LogP) is 0.710. The number of fused-ring (bicyclic) bond motifs is 1. The van der Waals surface area contributed by atoms with Crippen LogP contribution in [0.5, 0.6) is 0 Å². The first-order valence-electron chi connectivity index (χ1n) is 8.22. The van der Waals surface area contributed by atoms with Crippen LogP contribution in [-0.2, 0) is 16.1 Å². The van der Waals surface area contributed by atoms with Crippen LogP contribution in [0.15, 0.2) is 29.1 Å². The number of aryl methyl sites for hydroxylation is 1. The van der Waals surface area contributed by atoms with Gasteiger partial charge in [0.15, 0.2) is 0 Å². The van der Waals surface area contributed by atoms with E-state index in [1.165, 1.54) is 0 Å². The van der Waals surface area contributed by atoms with Crippen LogP contribution >= 0.6 is 0 Å².